The Morgan fingerprint density at radius 3 is 2.70 bits per heavy atom. The number of benzene rings is 1. The summed E-state index contributed by atoms with van der Waals surface area (Å²) in [6.07, 6.45) is 1.98. The Kier molecular flexibility index (Phi) is 4.99. The number of hydrogen-bond acceptors (Lipinski definition) is 5. The molecule has 2 saturated heterocycles. The molecule has 6 nitrogen and oxygen atoms in total. The van der Waals surface area contributed by atoms with Gasteiger partial charge in [0.15, 0.2) is 11.5 Å². The van der Waals surface area contributed by atoms with Crippen molar-refractivity contribution in [3.05, 3.63) is 23.3 Å². The van der Waals surface area contributed by atoms with Crippen molar-refractivity contribution >= 4 is 5.91 Å². The van der Waals surface area contributed by atoms with E-state index >= 15 is 0 Å². The van der Waals surface area contributed by atoms with E-state index in [1.54, 1.807) is 14.2 Å². The lowest BCUT2D eigenvalue weighted by Crippen LogP contribution is -2.62. The van der Waals surface area contributed by atoms with Crippen LogP contribution >= 0.6 is 0 Å². The van der Waals surface area contributed by atoms with Crippen molar-refractivity contribution in [2.75, 3.05) is 34.0 Å². The molecule has 7 heteroatoms. The molecule has 0 unspecified atom stereocenters. The first-order chi connectivity index (χ1) is 13.0. The normalized spacial score (nSPS) is 30.8. The van der Waals surface area contributed by atoms with E-state index in [1.807, 2.05) is 11.0 Å². The minimum atomic E-state index is -0.439. The van der Waals surface area contributed by atoms with Crippen LogP contribution in [0.2, 0.25) is 0 Å². The standard InChI is InChI=1S/C20H28FN3O3/c1-26-18-4-3-13-10-23-11-17(24-9-12(8-21)5-19(24)25)16(22)7-14(23)6-15(13)20(18)27-2/h3-4,12,14,16-17H,5-11,22H2,1-2H3/t12-,14-,16+,17+/m1/s1. The molecule has 0 aromatic heterocycles. The second-order valence-corrected chi connectivity index (χ2v) is 7.96. The predicted octanol–water partition coefficient (Wildman–Crippen LogP) is 1.35. The number of hydrogen-bond donors (Lipinski definition) is 1. The molecular weight excluding hydrogens is 349 g/mol. The third-order valence-electron chi connectivity index (χ3n) is 6.39. The molecule has 2 N–H and O–H groups in total. The van der Waals surface area contributed by atoms with Gasteiger partial charge in [-0.15, -0.1) is 0 Å². The summed E-state index contributed by atoms with van der Waals surface area (Å²) in [4.78, 5) is 16.6. The summed E-state index contributed by atoms with van der Waals surface area (Å²) in [6.45, 7) is 1.60. The molecule has 1 aromatic rings. The summed E-state index contributed by atoms with van der Waals surface area (Å²) in [6, 6.07) is 4.23. The summed E-state index contributed by atoms with van der Waals surface area (Å²) in [7, 11) is 3.33. The topological polar surface area (TPSA) is 68.0 Å². The Labute approximate surface area is 159 Å². The summed E-state index contributed by atoms with van der Waals surface area (Å²) in [5, 5.41) is 0. The maximum atomic E-state index is 13.0. The van der Waals surface area contributed by atoms with Crippen molar-refractivity contribution in [1.29, 1.82) is 0 Å². The van der Waals surface area contributed by atoms with Crippen LogP contribution < -0.4 is 15.2 Å². The predicted molar refractivity (Wildman–Crippen MR) is 99.6 cm³/mol. The Bertz CT molecular complexity index is 729. The van der Waals surface area contributed by atoms with Gasteiger partial charge in [0.05, 0.1) is 26.9 Å². The van der Waals surface area contributed by atoms with E-state index in [1.165, 1.54) is 11.1 Å². The molecule has 0 aliphatic carbocycles. The summed E-state index contributed by atoms with van der Waals surface area (Å²) in [5.74, 6) is 1.43. The fraction of sp³-hybridized carbons (Fsp3) is 0.650. The van der Waals surface area contributed by atoms with Gasteiger partial charge in [0.2, 0.25) is 5.91 Å². The van der Waals surface area contributed by atoms with E-state index in [0.717, 1.165) is 37.4 Å². The second-order valence-electron chi connectivity index (χ2n) is 7.96. The first kappa shape index (κ1) is 18.5. The van der Waals surface area contributed by atoms with Gasteiger partial charge in [0.25, 0.3) is 0 Å². The van der Waals surface area contributed by atoms with Crippen LogP contribution in [0.3, 0.4) is 0 Å². The van der Waals surface area contributed by atoms with Crippen LogP contribution in [0.4, 0.5) is 4.39 Å². The number of halogens is 1. The number of nitrogens with two attached hydrogens (primary N) is 1. The van der Waals surface area contributed by atoms with Gasteiger partial charge < -0.3 is 20.1 Å². The minimum Gasteiger partial charge on any atom is -0.493 e. The maximum Gasteiger partial charge on any atom is 0.223 e. The average Bonchev–Trinajstić information content (AvgIpc) is 3.05. The van der Waals surface area contributed by atoms with Gasteiger partial charge in [-0.25, -0.2) is 0 Å². The van der Waals surface area contributed by atoms with Crippen LogP contribution in [0.15, 0.2) is 12.1 Å². The molecule has 0 spiro atoms. The average molecular weight is 377 g/mol. The molecule has 1 amide bonds. The number of methoxy groups -OCH3 is 2. The van der Waals surface area contributed by atoms with Crippen molar-refractivity contribution in [3.8, 4) is 11.5 Å². The molecule has 4 rings (SSSR count). The smallest absolute Gasteiger partial charge is 0.223 e. The number of likely N-dealkylation sites (tertiary alicyclic amines) is 1. The van der Waals surface area contributed by atoms with Gasteiger partial charge in [0.1, 0.15) is 0 Å². The van der Waals surface area contributed by atoms with Crippen LogP contribution in [-0.2, 0) is 17.8 Å². The fourth-order valence-corrected chi connectivity index (χ4v) is 4.97. The molecule has 0 bridgehead atoms. The lowest BCUT2D eigenvalue weighted by molar-refractivity contribution is -0.131. The molecule has 2 fully saturated rings. The zero-order valence-electron chi connectivity index (χ0n) is 16.0. The molecule has 148 valence electrons. The van der Waals surface area contributed by atoms with Crippen LogP contribution in [0, 0.1) is 5.92 Å². The van der Waals surface area contributed by atoms with Gasteiger partial charge in [-0.05, 0) is 24.5 Å². The number of piperidine rings is 1. The van der Waals surface area contributed by atoms with E-state index in [2.05, 4.69) is 11.0 Å². The van der Waals surface area contributed by atoms with Crippen LogP contribution in [0.25, 0.3) is 0 Å². The number of rotatable bonds is 4. The Morgan fingerprint density at radius 1 is 1.22 bits per heavy atom. The van der Waals surface area contributed by atoms with E-state index in [9.17, 15) is 9.18 Å². The van der Waals surface area contributed by atoms with E-state index in [4.69, 9.17) is 15.2 Å². The fourth-order valence-electron chi connectivity index (χ4n) is 4.97. The number of carbonyl (C=O) groups excluding carboxylic acids is 1. The monoisotopic (exact) mass is 377 g/mol. The number of alkyl halides is 1. The summed E-state index contributed by atoms with van der Waals surface area (Å²) in [5.41, 5.74) is 8.91. The Balaban J connectivity index is 1.56. The molecule has 3 aliphatic heterocycles. The van der Waals surface area contributed by atoms with Crippen molar-refractivity contribution in [2.45, 2.75) is 43.9 Å². The summed E-state index contributed by atoms with van der Waals surface area (Å²) < 4.78 is 24.1. The first-order valence-electron chi connectivity index (χ1n) is 9.63. The minimum absolute atomic E-state index is 0.0352. The van der Waals surface area contributed by atoms with Gasteiger partial charge in [-0.2, -0.15) is 0 Å². The molecule has 0 radical (unpaired) electrons. The van der Waals surface area contributed by atoms with E-state index < -0.39 is 6.67 Å². The highest BCUT2D eigenvalue weighted by atomic mass is 19.1. The number of carbonyl (C=O) groups is 1. The number of amides is 1. The number of nitrogens with zero attached hydrogens (tertiary/aromatic N) is 2. The zero-order valence-corrected chi connectivity index (χ0v) is 16.0. The quantitative estimate of drug-likeness (QED) is 0.858. The van der Waals surface area contributed by atoms with E-state index in [-0.39, 0.29) is 23.9 Å². The van der Waals surface area contributed by atoms with Gasteiger partial charge in [0, 0.05) is 49.6 Å². The SMILES string of the molecule is COc1ccc2c(c1OC)C[C@@H]1C[C@H](N)[C@@H](N3C[C@@H](CF)CC3=O)CN1C2. The first-order valence-corrected chi connectivity index (χ1v) is 9.63. The van der Waals surface area contributed by atoms with Crippen molar-refractivity contribution in [3.63, 3.8) is 0 Å². The highest BCUT2D eigenvalue weighted by Gasteiger charge is 2.43. The second kappa shape index (κ2) is 7.28. The van der Waals surface area contributed by atoms with Crippen molar-refractivity contribution < 1.29 is 18.7 Å². The molecule has 27 heavy (non-hydrogen) atoms. The lowest BCUT2D eigenvalue weighted by Gasteiger charge is -2.48. The molecule has 4 atom stereocenters. The highest BCUT2D eigenvalue weighted by molar-refractivity contribution is 5.79. The number of ether oxygens (including phenoxy) is 2. The molecule has 3 aliphatic rings. The third-order valence-corrected chi connectivity index (χ3v) is 6.39. The lowest BCUT2D eigenvalue weighted by atomic mass is 9.84. The summed E-state index contributed by atoms with van der Waals surface area (Å²) >= 11 is 0. The Morgan fingerprint density at radius 2 is 2.04 bits per heavy atom. The molecule has 3 heterocycles. The molecule has 0 saturated carbocycles. The van der Waals surface area contributed by atoms with Crippen LogP contribution in [0.5, 0.6) is 11.5 Å². The Hall–Kier alpha value is -1.86. The molecule has 1 aromatic carbocycles. The van der Waals surface area contributed by atoms with E-state index in [0.29, 0.717) is 19.0 Å². The highest BCUT2D eigenvalue weighted by Crippen LogP contribution is 2.40. The van der Waals surface area contributed by atoms with Crippen LogP contribution in [-0.4, -0.2) is 67.8 Å². The van der Waals surface area contributed by atoms with Gasteiger partial charge in [-0.3, -0.25) is 14.1 Å². The van der Waals surface area contributed by atoms with Gasteiger partial charge >= 0.3 is 0 Å². The van der Waals surface area contributed by atoms with Gasteiger partial charge in [-0.1, -0.05) is 6.07 Å². The number of fused-ring (bicyclic) bond motifs is 2. The zero-order chi connectivity index (χ0) is 19.1. The molecular formula is C20H28FN3O3. The third kappa shape index (κ3) is 3.17. The van der Waals surface area contributed by atoms with Crippen LogP contribution in [0.1, 0.15) is 24.0 Å². The van der Waals surface area contributed by atoms with Crippen molar-refractivity contribution in [2.24, 2.45) is 11.7 Å². The maximum absolute atomic E-state index is 13.0. The largest absolute Gasteiger partial charge is 0.493 e. The van der Waals surface area contributed by atoms with Crippen molar-refractivity contribution in [1.82, 2.24) is 9.80 Å².